The van der Waals surface area contributed by atoms with Gasteiger partial charge in [-0.2, -0.15) is 5.26 Å². The van der Waals surface area contributed by atoms with Crippen molar-refractivity contribution in [1.82, 2.24) is 9.88 Å². The highest BCUT2D eigenvalue weighted by Crippen LogP contribution is 2.41. The molecule has 1 aromatic carbocycles. The number of nitriles is 1. The Hall–Kier alpha value is -2.98. The third-order valence-corrected chi connectivity index (χ3v) is 4.72. The number of pyridine rings is 1. The van der Waals surface area contributed by atoms with E-state index >= 15 is 0 Å². The zero-order valence-corrected chi connectivity index (χ0v) is 15.6. The Balaban J connectivity index is 1.93. The zero-order chi connectivity index (χ0) is 19.6. The Bertz CT molecular complexity index is 915. The molecule has 27 heavy (non-hydrogen) atoms. The number of aromatic nitrogens is 1. The van der Waals surface area contributed by atoms with E-state index in [1.165, 1.54) is 12.1 Å². The van der Waals surface area contributed by atoms with Gasteiger partial charge >= 0.3 is 0 Å². The molecular formula is C20H22FN5O. The van der Waals surface area contributed by atoms with Gasteiger partial charge in [0.05, 0.1) is 17.6 Å². The average Bonchev–Trinajstić information content (AvgIpc) is 2.62. The lowest BCUT2D eigenvalue weighted by Crippen LogP contribution is -2.46. The highest BCUT2D eigenvalue weighted by atomic mass is 19.1. The summed E-state index contributed by atoms with van der Waals surface area (Å²) in [6.07, 6.45) is 2.17. The van der Waals surface area contributed by atoms with Crippen molar-refractivity contribution in [2.45, 2.75) is 32.9 Å². The fourth-order valence-corrected chi connectivity index (χ4v) is 3.34. The molecule has 0 radical (unpaired) electrons. The number of rotatable bonds is 5. The van der Waals surface area contributed by atoms with Gasteiger partial charge in [-0.3, -0.25) is 0 Å². The number of aryl methyl sites for hydroxylation is 1. The summed E-state index contributed by atoms with van der Waals surface area (Å²) >= 11 is 0. The van der Waals surface area contributed by atoms with Gasteiger partial charge in [0, 0.05) is 18.8 Å². The number of anilines is 1. The summed E-state index contributed by atoms with van der Waals surface area (Å²) in [5.41, 5.74) is 1.53. The van der Waals surface area contributed by atoms with Crippen LogP contribution in [0.25, 0.3) is 0 Å². The fourth-order valence-electron chi connectivity index (χ4n) is 3.34. The van der Waals surface area contributed by atoms with E-state index in [1.807, 2.05) is 6.92 Å². The molecule has 140 valence electrons. The molecule has 0 aliphatic carbocycles. The number of nitrogens with one attached hydrogen (secondary N) is 1. The summed E-state index contributed by atoms with van der Waals surface area (Å²) in [7, 11) is 0. The molecule has 6 nitrogen and oxygen atoms in total. The lowest BCUT2D eigenvalue weighted by Gasteiger charge is -2.40. The summed E-state index contributed by atoms with van der Waals surface area (Å²) in [6.45, 7) is 6.51. The highest BCUT2D eigenvalue weighted by Gasteiger charge is 2.38. The number of halogens is 1. The van der Waals surface area contributed by atoms with E-state index in [0.717, 1.165) is 5.56 Å². The van der Waals surface area contributed by atoms with Crippen LogP contribution in [0, 0.1) is 24.1 Å². The number of fused-ring (bicyclic) bond motifs is 1. The first-order valence-electron chi connectivity index (χ1n) is 8.85. The van der Waals surface area contributed by atoms with Crippen molar-refractivity contribution in [3.05, 3.63) is 52.5 Å². The zero-order valence-electron chi connectivity index (χ0n) is 15.6. The van der Waals surface area contributed by atoms with Gasteiger partial charge in [-0.1, -0.05) is 12.1 Å². The third-order valence-electron chi connectivity index (χ3n) is 4.72. The maximum absolute atomic E-state index is 13.1. The number of aliphatic hydroxyl groups is 1. The summed E-state index contributed by atoms with van der Waals surface area (Å²) in [5, 5.41) is 23.9. The molecule has 1 aliphatic heterocycles. The van der Waals surface area contributed by atoms with Crippen molar-refractivity contribution in [3.63, 3.8) is 0 Å². The molecule has 2 aromatic rings. The number of aliphatic imine (C=N–C) groups is 1. The fraction of sp³-hybridized carbons (Fsp3) is 0.350. The van der Waals surface area contributed by atoms with Crippen molar-refractivity contribution in [2.24, 2.45) is 4.99 Å². The second kappa shape index (κ2) is 7.33. The lowest BCUT2D eigenvalue weighted by molar-refractivity contribution is -0.0582. The van der Waals surface area contributed by atoms with E-state index in [9.17, 15) is 14.8 Å². The van der Waals surface area contributed by atoms with Gasteiger partial charge in [-0.25, -0.2) is 14.4 Å². The van der Waals surface area contributed by atoms with Gasteiger partial charge in [0.1, 0.15) is 23.3 Å². The molecule has 0 fully saturated rings. The maximum atomic E-state index is 13.1. The molecule has 7 heteroatoms. The number of nitrogens with zero attached hydrogens (tertiary/aromatic N) is 4. The van der Waals surface area contributed by atoms with Crippen LogP contribution in [0.1, 0.15) is 36.2 Å². The van der Waals surface area contributed by atoms with Gasteiger partial charge in [0.25, 0.3) is 0 Å². The summed E-state index contributed by atoms with van der Waals surface area (Å²) in [5.74, 6) is 0.199. The third kappa shape index (κ3) is 3.49. The molecule has 3 rings (SSSR count). The van der Waals surface area contributed by atoms with E-state index in [-0.39, 0.29) is 5.82 Å². The predicted octanol–water partition coefficient (Wildman–Crippen LogP) is 3.22. The van der Waals surface area contributed by atoms with Crippen molar-refractivity contribution >= 4 is 17.8 Å². The van der Waals surface area contributed by atoms with Gasteiger partial charge in [-0.05, 0) is 44.9 Å². The molecule has 0 saturated heterocycles. The number of hydrogen-bond donors (Lipinski definition) is 2. The molecular weight excluding hydrogens is 345 g/mol. The Morgan fingerprint density at radius 3 is 2.67 bits per heavy atom. The number of hydrogen-bond acceptors (Lipinski definition) is 6. The summed E-state index contributed by atoms with van der Waals surface area (Å²) in [6, 6.07) is 8.44. The molecule has 0 amide bonds. The van der Waals surface area contributed by atoms with Gasteiger partial charge in [0.15, 0.2) is 5.72 Å². The van der Waals surface area contributed by atoms with Gasteiger partial charge in [-0.15, -0.1) is 0 Å². The summed E-state index contributed by atoms with van der Waals surface area (Å²) in [4.78, 5) is 10.6. The van der Waals surface area contributed by atoms with Crippen LogP contribution in [0.5, 0.6) is 0 Å². The van der Waals surface area contributed by atoms with E-state index in [2.05, 4.69) is 21.4 Å². The van der Waals surface area contributed by atoms with Crippen LogP contribution in [0.4, 0.5) is 15.9 Å². The highest BCUT2D eigenvalue weighted by molar-refractivity contribution is 5.78. The topological polar surface area (TPSA) is 84.5 Å². The standard InChI is InChI=1S/C20H22FN5O/c1-4-23-19-16(11-22)18-17(13(2)25-19)20(3,27)26(12-24-18)10-9-14-5-7-15(21)8-6-14/h5-8,12,27H,4,9-10H2,1-3H3,(H,23,25). The predicted molar refractivity (Wildman–Crippen MR) is 102 cm³/mol. The molecule has 2 heterocycles. The van der Waals surface area contributed by atoms with Crippen molar-refractivity contribution in [2.75, 3.05) is 18.4 Å². The lowest BCUT2D eigenvalue weighted by atomic mass is 9.95. The van der Waals surface area contributed by atoms with Crippen LogP contribution >= 0.6 is 0 Å². The Morgan fingerprint density at radius 1 is 1.33 bits per heavy atom. The second-order valence-corrected chi connectivity index (χ2v) is 6.62. The molecule has 1 unspecified atom stereocenters. The monoisotopic (exact) mass is 367 g/mol. The minimum absolute atomic E-state index is 0.276. The van der Waals surface area contributed by atoms with E-state index < -0.39 is 5.72 Å². The molecule has 0 saturated carbocycles. The van der Waals surface area contributed by atoms with Crippen molar-refractivity contribution in [1.29, 1.82) is 5.26 Å². The van der Waals surface area contributed by atoms with E-state index in [1.54, 1.807) is 37.2 Å². The summed E-state index contributed by atoms with van der Waals surface area (Å²) < 4.78 is 13.1. The van der Waals surface area contributed by atoms with Crippen LogP contribution < -0.4 is 5.32 Å². The minimum Gasteiger partial charge on any atom is -0.369 e. The smallest absolute Gasteiger partial charge is 0.166 e. The van der Waals surface area contributed by atoms with Crippen molar-refractivity contribution < 1.29 is 9.50 Å². The SMILES string of the molecule is CCNc1nc(C)c2c(c1C#N)N=CN(CCc1ccc(F)cc1)C2(C)O. The van der Waals surface area contributed by atoms with Crippen LogP contribution in [0.15, 0.2) is 29.3 Å². The van der Waals surface area contributed by atoms with Crippen LogP contribution in [-0.2, 0) is 12.1 Å². The first-order chi connectivity index (χ1) is 12.9. The van der Waals surface area contributed by atoms with Crippen LogP contribution in [-0.4, -0.2) is 34.4 Å². The van der Waals surface area contributed by atoms with Crippen LogP contribution in [0.2, 0.25) is 0 Å². The molecule has 1 aliphatic rings. The first kappa shape index (κ1) is 18.8. The molecule has 1 aromatic heterocycles. The first-order valence-corrected chi connectivity index (χ1v) is 8.85. The molecule has 2 N–H and O–H groups in total. The van der Waals surface area contributed by atoms with Gasteiger partial charge < -0.3 is 15.3 Å². The average molecular weight is 367 g/mol. The number of benzene rings is 1. The van der Waals surface area contributed by atoms with Crippen molar-refractivity contribution in [3.8, 4) is 6.07 Å². The minimum atomic E-state index is -1.36. The van der Waals surface area contributed by atoms with E-state index in [0.29, 0.717) is 47.8 Å². The molecule has 0 bridgehead atoms. The second-order valence-electron chi connectivity index (χ2n) is 6.62. The normalized spacial score (nSPS) is 18.1. The Labute approximate surface area is 158 Å². The Kier molecular flexibility index (Phi) is 5.10. The Morgan fingerprint density at radius 2 is 2.04 bits per heavy atom. The molecule has 1 atom stereocenters. The van der Waals surface area contributed by atoms with Gasteiger partial charge in [0.2, 0.25) is 0 Å². The van der Waals surface area contributed by atoms with E-state index in [4.69, 9.17) is 0 Å². The largest absolute Gasteiger partial charge is 0.369 e. The quantitative estimate of drug-likeness (QED) is 0.848. The molecule has 0 spiro atoms. The maximum Gasteiger partial charge on any atom is 0.166 e. The van der Waals surface area contributed by atoms with Crippen LogP contribution in [0.3, 0.4) is 0 Å².